The van der Waals surface area contributed by atoms with Crippen LogP contribution in [0.25, 0.3) is 0 Å². The van der Waals surface area contributed by atoms with Gasteiger partial charge in [-0.25, -0.2) is 0 Å². The minimum absolute atomic E-state index is 0.124. The Kier molecular flexibility index (Phi) is 15.1. The maximum atomic E-state index is 12.2. The van der Waals surface area contributed by atoms with Crippen molar-refractivity contribution in [3.63, 3.8) is 0 Å². The van der Waals surface area contributed by atoms with E-state index in [0.29, 0.717) is 71.0 Å². The average molecular weight is 897 g/mol. The summed E-state index contributed by atoms with van der Waals surface area (Å²) < 4.78 is 25.6. The molecule has 8 nitrogen and oxygen atoms in total. The lowest BCUT2D eigenvalue weighted by molar-refractivity contribution is -0.209. The van der Waals surface area contributed by atoms with Gasteiger partial charge in [-0.15, -0.1) is 0 Å². The summed E-state index contributed by atoms with van der Waals surface area (Å²) in [5, 5.41) is 48.4. The number of aliphatic hydroxyl groups is 4. The molecule has 6 heterocycles. The zero-order valence-electron chi connectivity index (χ0n) is 41.6. The summed E-state index contributed by atoms with van der Waals surface area (Å²) in [7, 11) is 0. The molecular weight excluding hydrogens is 801 g/mol. The van der Waals surface area contributed by atoms with Gasteiger partial charge >= 0.3 is 0 Å². The first-order valence-corrected chi connectivity index (χ1v) is 27.8. The smallest absolute Gasteiger partial charge is 0.0602 e. The van der Waals surface area contributed by atoms with Crippen LogP contribution in [0, 0.1) is 92.7 Å². The fourth-order valence-corrected chi connectivity index (χ4v) is 19.3. The first-order valence-electron chi connectivity index (χ1n) is 27.8. The Morgan fingerprint density at radius 2 is 0.766 bits per heavy atom. The van der Waals surface area contributed by atoms with E-state index in [1.54, 1.807) is 0 Å². The number of hydrogen-bond donors (Lipinski definition) is 4. The summed E-state index contributed by atoms with van der Waals surface area (Å²) in [5.41, 5.74) is 0.0627. The van der Waals surface area contributed by atoms with Crippen molar-refractivity contribution < 1.29 is 39.4 Å². The second-order valence-electron chi connectivity index (χ2n) is 25.6. The molecule has 0 aromatic rings. The van der Waals surface area contributed by atoms with Crippen molar-refractivity contribution in [1.29, 1.82) is 0 Å². The van der Waals surface area contributed by atoms with Gasteiger partial charge in [0.15, 0.2) is 0 Å². The molecule has 0 radical (unpaired) electrons. The third-order valence-electron chi connectivity index (χ3n) is 23.0. The van der Waals surface area contributed by atoms with Gasteiger partial charge in [0.05, 0.1) is 36.6 Å². The van der Waals surface area contributed by atoms with Gasteiger partial charge in [-0.2, -0.15) is 0 Å². The van der Waals surface area contributed by atoms with Crippen LogP contribution in [-0.4, -0.2) is 96.7 Å². The van der Waals surface area contributed by atoms with Gasteiger partial charge in [-0.05, 0) is 234 Å². The highest BCUT2D eigenvalue weighted by Crippen LogP contribution is 2.70. The van der Waals surface area contributed by atoms with Crippen LogP contribution in [0.5, 0.6) is 0 Å². The molecule has 64 heavy (non-hydrogen) atoms. The van der Waals surface area contributed by atoms with Gasteiger partial charge in [0, 0.05) is 39.6 Å². The lowest BCUT2D eigenvalue weighted by atomic mass is 9.43. The molecule has 14 fully saturated rings. The van der Waals surface area contributed by atoms with Crippen LogP contribution in [-0.2, 0) is 18.9 Å². The first-order chi connectivity index (χ1) is 30.7. The molecule has 6 saturated heterocycles. The molecule has 22 atom stereocenters. The molecule has 4 N–H and O–H groups in total. The van der Waals surface area contributed by atoms with Gasteiger partial charge in [-0.3, -0.25) is 0 Å². The van der Waals surface area contributed by atoms with Crippen LogP contribution < -0.4 is 0 Å². The highest BCUT2D eigenvalue weighted by atomic mass is 16.5. The topological polar surface area (TPSA) is 118 Å². The largest absolute Gasteiger partial charge is 0.393 e. The fraction of sp³-hybridized carbons (Fsp3) is 1.00. The van der Waals surface area contributed by atoms with E-state index >= 15 is 0 Å². The maximum absolute atomic E-state index is 12.2. The van der Waals surface area contributed by atoms with Crippen molar-refractivity contribution >= 4 is 0 Å². The highest BCUT2D eigenvalue weighted by Gasteiger charge is 2.67. The van der Waals surface area contributed by atoms with Crippen LogP contribution >= 0.6 is 0 Å². The Morgan fingerprint density at radius 3 is 1.19 bits per heavy atom. The molecule has 0 spiro atoms. The van der Waals surface area contributed by atoms with E-state index < -0.39 is 0 Å². The van der Waals surface area contributed by atoms with Crippen LogP contribution in [0.2, 0.25) is 0 Å². The third kappa shape index (κ3) is 8.69. The zero-order valence-corrected chi connectivity index (χ0v) is 41.6. The van der Waals surface area contributed by atoms with Crippen molar-refractivity contribution in [3.8, 4) is 0 Å². The van der Waals surface area contributed by atoms with Crippen LogP contribution in [0.1, 0.15) is 183 Å². The third-order valence-corrected chi connectivity index (χ3v) is 23.0. The molecule has 14 rings (SSSR count). The van der Waals surface area contributed by atoms with E-state index in [1.165, 1.54) is 12.8 Å². The first kappa shape index (κ1) is 48.7. The molecular formula is C56H96O8. The quantitative estimate of drug-likeness (QED) is 0.190. The van der Waals surface area contributed by atoms with Crippen molar-refractivity contribution in [2.75, 3.05) is 39.6 Å². The normalized spacial score (nSPS) is 54.8. The Balaban J connectivity index is 0.828. The molecule has 0 amide bonds. The molecule has 14 aliphatic rings. The Morgan fingerprint density at radius 1 is 0.391 bits per heavy atom. The molecule has 8 heteroatoms. The molecule has 8 aliphatic carbocycles. The Labute approximate surface area is 389 Å². The van der Waals surface area contributed by atoms with E-state index in [4.69, 9.17) is 18.9 Å². The monoisotopic (exact) mass is 897 g/mol. The standard InChI is InChI=1S/C56H96O8/c1-35-13-11-25-61-23-7-8-24-62-26-12-14-36(2)42-16-18-44-52-46(34-50(60)56(42,44)6)54(4)22-20-40(30-38(54)32-48(52)58)64-28-10-9-27-63-39-19-21-53(3)37(29-39)31-47(57)51-43-17-15-41(35)55(43,5)49(59)33-45(51)53/h35-52,57-60H,7-34H2,1-6H3/t35-,36-,37+,38+,39-,40-,41-,42-,43+,44+,45+,46+,47-,48-,49+,50+,51+,52+,53+,54+,55-,56-/m1/s1. The highest BCUT2D eigenvalue weighted by molar-refractivity contribution is 5.16. The van der Waals surface area contributed by atoms with E-state index in [9.17, 15) is 20.4 Å². The second kappa shape index (κ2) is 19.8. The predicted octanol–water partition coefficient (Wildman–Crippen LogP) is 10.4. The fourth-order valence-electron chi connectivity index (χ4n) is 19.3. The molecule has 0 aromatic carbocycles. The van der Waals surface area contributed by atoms with E-state index in [2.05, 4.69) is 41.5 Å². The minimum atomic E-state index is -0.303. The van der Waals surface area contributed by atoms with E-state index in [0.717, 1.165) is 168 Å². The number of aliphatic hydroxyl groups excluding tert-OH is 4. The van der Waals surface area contributed by atoms with Gasteiger partial charge in [-0.1, -0.05) is 41.5 Å². The van der Waals surface area contributed by atoms with Crippen molar-refractivity contribution in [2.45, 2.75) is 219 Å². The van der Waals surface area contributed by atoms with Crippen molar-refractivity contribution in [2.24, 2.45) is 92.7 Å². The van der Waals surface area contributed by atoms with Crippen LogP contribution in [0.4, 0.5) is 0 Å². The SMILES string of the molecule is C[C@@H]1CCCOCCCCOCCC[C@@H](C)[C@H]2CC[C@H]3[C@@H]4[C@H](O)C[C@@H]5C[C@@H](CC[C@]5(C)[C@H]4C[C@H](O)[C@]23C)OCCCCO[C@@H]2CC[C@@]3(C)[C@@H](C2)C[C@@H](O)[C@@H]2[C@@H]3C[C@H](O)[C@]3(C)[C@@H]1CC[C@@H]23. The van der Waals surface area contributed by atoms with E-state index in [-0.39, 0.29) is 58.3 Å². The maximum Gasteiger partial charge on any atom is 0.0602 e. The summed E-state index contributed by atoms with van der Waals surface area (Å²) in [4.78, 5) is 0. The van der Waals surface area contributed by atoms with Crippen LogP contribution in [0.15, 0.2) is 0 Å². The molecule has 16 bridgehead atoms. The summed E-state index contributed by atoms with van der Waals surface area (Å²) in [6.07, 6.45) is 22.4. The predicted molar refractivity (Wildman–Crippen MR) is 252 cm³/mol. The van der Waals surface area contributed by atoms with Crippen LogP contribution in [0.3, 0.4) is 0 Å². The van der Waals surface area contributed by atoms with Gasteiger partial charge in [0.25, 0.3) is 0 Å². The average Bonchev–Trinajstić information content (AvgIpc) is 3.82. The second-order valence-corrected chi connectivity index (χ2v) is 25.6. The van der Waals surface area contributed by atoms with Gasteiger partial charge < -0.3 is 39.4 Å². The number of rotatable bonds is 0. The van der Waals surface area contributed by atoms with E-state index in [1.807, 2.05) is 0 Å². The molecule has 6 aliphatic heterocycles. The Hall–Kier alpha value is -0.320. The lowest BCUT2D eigenvalue weighted by Gasteiger charge is -2.63. The molecule has 0 unspecified atom stereocenters. The molecule has 368 valence electrons. The Bertz CT molecular complexity index is 1420. The summed E-state index contributed by atoms with van der Waals surface area (Å²) in [6, 6.07) is 0. The number of hydrogen-bond acceptors (Lipinski definition) is 8. The summed E-state index contributed by atoms with van der Waals surface area (Å²) in [6.45, 7) is 19.4. The van der Waals surface area contributed by atoms with Gasteiger partial charge in [0.1, 0.15) is 0 Å². The van der Waals surface area contributed by atoms with Crippen molar-refractivity contribution in [1.82, 2.24) is 0 Å². The van der Waals surface area contributed by atoms with Crippen molar-refractivity contribution in [3.05, 3.63) is 0 Å². The summed E-state index contributed by atoms with van der Waals surface area (Å²) >= 11 is 0. The lowest BCUT2D eigenvalue weighted by Crippen LogP contribution is -2.62. The number of ether oxygens (including phenoxy) is 4. The zero-order chi connectivity index (χ0) is 45.0. The minimum Gasteiger partial charge on any atom is -0.393 e. The molecule has 0 aromatic heterocycles. The van der Waals surface area contributed by atoms with Gasteiger partial charge in [0.2, 0.25) is 0 Å². The summed E-state index contributed by atoms with van der Waals surface area (Å²) in [5.74, 6) is 5.10. The molecule has 8 saturated carbocycles.